The first-order chi connectivity index (χ1) is 18.5. The number of ether oxygens (including phenoxy) is 4. The molecule has 0 saturated heterocycles. The maximum atomic E-state index is 6.45. The van der Waals surface area contributed by atoms with Crippen molar-refractivity contribution in [3.05, 3.63) is 123 Å². The molecule has 0 N–H and O–H groups in total. The zero-order valence-electron chi connectivity index (χ0n) is 22.9. The molecule has 0 bridgehead atoms. The Morgan fingerprint density at radius 2 is 1.26 bits per heavy atom. The summed E-state index contributed by atoms with van der Waals surface area (Å²) in [6.07, 6.45) is 0.924. The summed E-state index contributed by atoms with van der Waals surface area (Å²) in [4.78, 5) is 0. The van der Waals surface area contributed by atoms with Gasteiger partial charge in [-0.2, -0.15) is 0 Å². The number of hydrogen-bond donors (Lipinski definition) is 0. The summed E-state index contributed by atoms with van der Waals surface area (Å²) in [5, 5.41) is 0. The SMILES string of the molecule is COc1cc(C)c([C@H]2COCC(c3ccc(Cc4ccccc4)cc3)c3c(C)cc(OC)cc32)c(OC)c1. The molecule has 1 heterocycles. The molecule has 0 saturated carbocycles. The minimum absolute atomic E-state index is 0.00186. The van der Waals surface area contributed by atoms with Crippen LogP contribution in [-0.2, 0) is 11.2 Å². The van der Waals surface area contributed by atoms with Gasteiger partial charge in [0.2, 0.25) is 0 Å². The van der Waals surface area contributed by atoms with Crippen LogP contribution in [0.25, 0.3) is 0 Å². The quantitative estimate of drug-likeness (QED) is 0.264. The maximum Gasteiger partial charge on any atom is 0.126 e. The lowest BCUT2D eigenvalue weighted by molar-refractivity contribution is 0.127. The van der Waals surface area contributed by atoms with Crippen molar-refractivity contribution in [1.29, 1.82) is 0 Å². The largest absolute Gasteiger partial charge is 0.497 e. The molecule has 1 aliphatic rings. The van der Waals surface area contributed by atoms with Crippen LogP contribution in [-0.4, -0.2) is 34.5 Å². The summed E-state index contributed by atoms with van der Waals surface area (Å²) in [5.41, 5.74) is 9.86. The molecule has 1 aliphatic heterocycles. The fourth-order valence-corrected chi connectivity index (χ4v) is 5.82. The van der Waals surface area contributed by atoms with Crippen molar-refractivity contribution in [2.75, 3.05) is 34.5 Å². The van der Waals surface area contributed by atoms with Crippen LogP contribution < -0.4 is 14.2 Å². The predicted octanol–water partition coefficient (Wildman–Crippen LogP) is 7.21. The molecular formula is C34H36O4. The van der Waals surface area contributed by atoms with Crippen LogP contribution in [0.15, 0.2) is 78.9 Å². The van der Waals surface area contributed by atoms with E-state index in [9.17, 15) is 0 Å². The highest BCUT2D eigenvalue weighted by Gasteiger charge is 2.32. The van der Waals surface area contributed by atoms with Gasteiger partial charge in [-0.1, -0.05) is 54.6 Å². The Labute approximate surface area is 226 Å². The molecule has 5 rings (SSSR count). The molecule has 0 amide bonds. The van der Waals surface area contributed by atoms with Crippen molar-refractivity contribution < 1.29 is 18.9 Å². The number of hydrogen-bond acceptors (Lipinski definition) is 4. The average Bonchev–Trinajstić information content (AvgIpc) is 3.13. The Hall–Kier alpha value is -3.76. The van der Waals surface area contributed by atoms with E-state index in [1.54, 1.807) is 21.3 Å². The fraction of sp³-hybridized carbons (Fsp3) is 0.294. The van der Waals surface area contributed by atoms with E-state index < -0.39 is 0 Å². The third-order valence-corrected chi connectivity index (χ3v) is 7.68. The first-order valence-corrected chi connectivity index (χ1v) is 13.1. The van der Waals surface area contributed by atoms with Crippen LogP contribution in [0.5, 0.6) is 17.2 Å². The zero-order valence-corrected chi connectivity index (χ0v) is 22.9. The lowest BCUT2D eigenvalue weighted by Crippen LogP contribution is -2.13. The third-order valence-electron chi connectivity index (χ3n) is 7.68. The first-order valence-electron chi connectivity index (χ1n) is 13.1. The Morgan fingerprint density at radius 1 is 0.658 bits per heavy atom. The molecule has 4 heteroatoms. The summed E-state index contributed by atoms with van der Waals surface area (Å²) in [5.74, 6) is 2.58. The molecule has 0 fully saturated rings. The van der Waals surface area contributed by atoms with Gasteiger partial charge in [-0.15, -0.1) is 0 Å². The van der Waals surface area contributed by atoms with Gasteiger partial charge in [0.05, 0.1) is 34.5 Å². The molecule has 0 aliphatic carbocycles. The predicted molar refractivity (Wildman–Crippen MR) is 152 cm³/mol. The highest BCUT2D eigenvalue weighted by Crippen LogP contribution is 2.45. The highest BCUT2D eigenvalue weighted by molar-refractivity contribution is 5.57. The van der Waals surface area contributed by atoms with Gasteiger partial charge >= 0.3 is 0 Å². The number of fused-ring (bicyclic) bond motifs is 1. The molecule has 196 valence electrons. The van der Waals surface area contributed by atoms with E-state index in [1.807, 2.05) is 6.07 Å². The summed E-state index contributed by atoms with van der Waals surface area (Å²) >= 11 is 0. The number of aryl methyl sites for hydroxylation is 2. The normalized spacial score (nSPS) is 16.9. The molecule has 4 nitrogen and oxygen atoms in total. The number of benzene rings is 4. The second-order valence-electron chi connectivity index (χ2n) is 10.1. The van der Waals surface area contributed by atoms with E-state index in [1.165, 1.54) is 33.4 Å². The molecule has 38 heavy (non-hydrogen) atoms. The lowest BCUT2D eigenvalue weighted by atomic mass is 9.79. The van der Waals surface area contributed by atoms with Gasteiger partial charge in [0, 0.05) is 23.5 Å². The van der Waals surface area contributed by atoms with Gasteiger partial charge in [0.1, 0.15) is 17.2 Å². The van der Waals surface area contributed by atoms with Crippen molar-refractivity contribution in [2.45, 2.75) is 32.1 Å². The van der Waals surface area contributed by atoms with Crippen molar-refractivity contribution in [2.24, 2.45) is 0 Å². The first kappa shape index (κ1) is 25.9. The van der Waals surface area contributed by atoms with E-state index in [0.29, 0.717) is 13.2 Å². The van der Waals surface area contributed by atoms with Crippen molar-refractivity contribution in [3.63, 3.8) is 0 Å². The maximum absolute atomic E-state index is 6.45. The van der Waals surface area contributed by atoms with E-state index in [-0.39, 0.29) is 11.8 Å². The van der Waals surface area contributed by atoms with Gasteiger partial charge in [0.15, 0.2) is 0 Å². The second-order valence-corrected chi connectivity index (χ2v) is 10.1. The van der Waals surface area contributed by atoms with E-state index >= 15 is 0 Å². The summed E-state index contributed by atoms with van der Waals surface area (Å²) in [7, 11) is 5.13. The van der Waals surface area contributed by atoms with Crippen molar-refractivity contribution in [1.82, 2.24) is 0 Å². The average molecular weight is 509 g/mol. The summed E-state index contributed by atoms with van der Waals surface area (Å²) in [6, 6.07) is 28.0. The molecule has 2 atom stereocenters. The van der Waals surface area contributed by atoms with Crippen LogP contribution in [0.1, 0.15) is 56.3 Å². The third kappa shape index (κ3) is 5.14. The zero-order chi connectivity index (χ0) is 26.6. The van der Waals surface area contributed by atoms with Crippen LogP contribution >= 0.6 is 0 Å². The van der Waals surface area contributed by atoms with Gasteiger partial charge < -0.3 is 18.9 Å². The minimum Gasteiger partial charge on any atom is -0.497 e. The Morgan fingerprint density at radius 3 is 1.92 bits per heavy atom. The lowest BCUT2D eigenvalue weighted by Gasteiger charge is -2.26. The van der Waals surface area contributed by atoms with E-state index in [4.69, 9.17) is 18.9 Å². The Balaban J connectivity index is 1.58. The molecule has 0 aromatic heterocycles. The molecular weight excluding hydrogens is 472 g/mol. The summed E-state index contributed by atoms with van der Waals surface area (Å²) in [6.45, 7) is 5.47. The highest BCUT2D eigenvalue weighted by atomic mass is 16.5. The smallest absolute Gasteiger partial charge is 0.126 e. The Kier molecular flexibility index (Phi) is 7.71. The van der Waals surface area contributed by atoms with Crippen LogP contribution in [0.3, 0.4) is 0 Å². The molecule has 0 radical (unpaired) electrons. The van der Waals surface area contributed by atoms with E-state index in [0.717, 1.165) is 34.8 Å². The van der Waals surface area contributed by atoms with Gasteiger partial charge in [-0.05, 0) is 77.4 Å². The van der Waals surface area contributed by atoms with Crippen LogP contribution in [0.2, 0.25) is 0 Å². The number of rotatable bonds is 7. The summed E-state index contributed by atoms with van der Waals surface area (Å²) < 4.78 is 23.6. The minimum atomic E-state index is 0.00186. The van der Waals surface area contributed by atoms with Gasteiger partial charge in [-0.25, -0.2) is 0 Å². The van der Waals surface area contributed by atoms with Crippen molar-refractivity contribution in [3.8, 4) is 17.2 Å². The van der Waals surface area contributed by atoms with Crippen LogP contribution in [0.4, 0.5) is 0 Å². The fourth-order valence-electron chi connectivity index (χ4n) is 5.82. The topological polar surface area (TPSA) is 36.9 Å². The second kappa shape index (κ2) is 11.3. The monoisotopic (exact) mass is 508 g/mol. The van der Waals surface area contributed by atoms with Gasteiger partial charge in [0.25, 0.3) is 0 Å². The molecule has 0 spiro atoms. The standard InChI is InChI=1S/C34H36O4/c1-22-15-27(35-3)18-29-31(34-23(2)16-28(36-4)19-32(34)37-5)21-38-20-30(33(22)29)26-13-11-25(12-14-26)17-24-9-7-6-8-10-24/h6-16,18-19,30-31H,17,20-21H2,1-5H3/t30?,31-/m0/s1. The molecule has 1 unspecified atom stereocenters. The van der Waals surface area contributed by atoms with E-state index in [2.05, 4.69) is 86.6 Å². The van der Waals surface area contributed by atoms with Crippen LogP contribution in [0, 0.1) is 13.8 Å². The molecule has 4 aromatic carbocycles. The number of methoxy groups -OCH3 is 3. The van der Waals surface area contributed by atoms with Crippen molar-refractivity contribution >= 4 is 0 Å². The molecule has 4 aromatic rings. The Bertz CT molecular complexity index is 1390. The van der Waals surface area contributed by atoms with Gasteiger partial charge in [-0.3, -0.25) is 0 Å².